The molecule has 0 fully saturated rings. The van der Waals surface area contributed by atoms with Gasteiger partial charge in [0.2, 0.25) is 0 Å². The first kappa shape index (κ1) is 9.51. The minimum atomic E-state index is -1.01. The van der Waals surface area contributed by atoms with Crippen LogP contribution in [-0.2, 0) is 4.79 Å². The van der Waals surface area contributed by atoms with Gasteiger partial charge >= 0.3 is 5.97 Å². The standard InChI is InChI=1S/C9H9FO3/c1-5(9(12)13)6-2-3-7(10)8(11)4-6/h2-5,11H,1H3,(H,12,13). The number of aromatic hydroxyl groups is 1. The van der Waals surface area contributed by atoms with Gasteiger partial charge in [-0.3, -0.25) is 4.79 Å². The van der Waals surface area contributed by atoms with Crippen molar-refractivity contribution in [3.63, 3.8) is 0 Å². The highest BCUT2D eigenvalue weighted by Crippen LogP contribution is 2.22. The molecule has 70 valence electrons. The molecule has 0 amide bonds. The maximum absolute atomic E-state index is 12.6. The average molecular weight is 184 g/mol. The summed E-state index contributed by atoms with van der Waals surface area (Å²) in [6.07, 6.45) is 0. The third-order valence-electron chi connectivity index (χ3n) is 1.84. The van der Waals surface area contributed by atoms with Crippen LogP contribution in [0.5, 0.6) is 5.75 Å². The van der Waals surface area contributed by atoms with E-state index in [0.29, 0.717) is 5.56 Å². The largest absolute Gasteiger partial charge is 0.505 e. The van der Waals surface area contributed by atoms with Crippen LogP contribution in [0.3, 0.4) is 0 Å². The number of halogens is 1. The topological polar surface area (TPSA) is 57.5 Å². The number of hydrogen-bond acceptors (Lipinski definition) is 2. The fourth-order valence-corrected chi connectivity index (χ4v) is 0.942. The first-order valence-electron chi connectivity index (χ1n) is 3.73. The van der Waals surface area contributed by atoms with E-state index in [1.165, 1.54) is 13.0 Å². The second-order valence-corrected chi connectivity index (χ2v) is 2.77. The first-order chi connectivity index (χ1) is 6.02. The van der Waals surface area contributed by atoms with Crippen molar-refractivity contribution in [2.45, 2.75) is 12.8 Å². The summed E-state index contributed by atoms with van der Waals surface area (Å²) in [7, 11) is 0. The van der Waals surface area contributed by atoms with Gasteiger partial charge in [-0.25, -0.2) is 4.39 Å². The molecule has 0 saturated heterocycles. The van der Waals surface area contributed by atoms with E-state index in [4.69, 9.17) is 10.2 Å². The summed E-state index contributed by atoms with van der Waals surface area (Å²) in [5.74, 6) is -3.02. The minimum Gasteiger partial charge on any atom is -0.505 e. The van der Waals surface area contributed by atoms with E-state index in [1.807, 2.05) is 0 Å². The van der Waals surface area contributed by atoms with Crippen molar-refractivity contribution in [1.29, 1.82) is 0 Å². The molecule has 1 unspecified atom stereocenters. The summed E-state index contributed by atoms with van der Waals surface area (Å²) >= 11 is 0. The van der Waals surface area contributed by atoms with Crippen LogP contribution in [0.15, 0.2) is 18.2 Å². The second-order valence-electron chi connectivity index (χ2n) is 2.77. The third-order valence-corrected chi connectivity index (χ3v) is 1.84. The molecule has 4 heteroatoms. The van der Waals surface area contributed by atoms with Gasteiger partial charge in [-0.1, -0.05) is 6.07 Å². The van der Waals surface area contributed by atoms with E-state index in [2.05, 4.69) is 0 Å². The quantitative estimate of drug-likeness (QED) is 0.735. The average Bonchev–Trinajstić information content (AvgIpc) is 2.08. The number of phenolic OH excluding ortho intramolecular Hbond substituents is 1. The van der Waals surface area contributed by atoms with Crippen LogP contribution in [0.25, 0.3) is 0 Å². The monoisotopic (exact) mass is 184 g/mol. The van der Waals surface area contributed by atoms with Crippen molar-refractivity contribution in [3.05, 3.63) is 29.6 Å². The second kappa shape index (κ2) is 3.43. The molecule has 1 atom stereocenters. The normalized spacial score (nSPS) is 12.5. The molecular formula is C9H9FO3. The molecule has 0 saturated carbocycles. The molecule has 0 bridgehead atoms. The molecule has 0 spiro atoms. The van der Waals surface area contributed by atoms with Crippen molar-refractivity contribution in [2.24, 2.45) is 0 Å². The van der Waals surface area contributed by atoms with Crippen molar-refractivity contribution < 1.29 is 19.4 Å². The molecule has 1 aromatic carbocycles. The van der Waals surface area contributed by atoms with Gasteiger partial charge in [0.05, 0.1) is 5.92 Å². The zero-order valence-electron chi connectivity index (χ0n) is 6.99. The Bertz CT molecular complexity index is 336. The van der Waals surface area contributed by atoms with Crippen LogP contribution in [0.2, 0.25) is 0 Å². The summed E-state index contributed by atoms with van der Waals surface area (Å²) in [6, 6.07) is 3.51. The zero-order valence-corrected chi connectivity index (χ0v) is 6.99. The maximum atomic E-state index is 12.6. The fourth-order valence-electron chi connectivity index (χ4n) is 0.942. The minimum absolute atomic E-state index is 0.381. The molecule has 0 aliphatic rings. The number of benzene rings is 1. The zero-order chi connectivity index (χ0) is 10.0. The number of rotatable bonds is 2. The summed E-state index contributed by atoms with van der Waals surface area (Å²) in [4.78, 5) is 10.5. The SMILES string of the molecule is CC(C(=O)O)c1ccc(F)c(O)c1. The molecule has 0 aliphatic heterocycles. The highest BCUT2D eigenvalue weighted by molar-refractivity contribution is 5.75. The molecule has 0 heterocycles. The lowest BCUT2D eigenvalue weighted by Crippen LogP contribution is -2.07. The summed E-state index contributed by atoms with van der Waals surface area (Å²) in [5, 5.41) is 17.6. The number of carbonyl (C=O) groups is 1. The lowest BCUT2D eigenvalue weighted by molar-refractivity contribution is -0.138. The van der Waals surface area contributed by atoms with Gasteiger partial charge in [0, 0.05) is 0 Å². The Hall–Kier alpha value is -1.58. The Balaban J connectivity index is 3.03. The van der Waals surface area contributed by atoms with Gasteiger partial charge in [-0.05, 0) is 24.6 Å². The maximum Gasteiger partial charge on any atom is 0.310 e. The van der Waals surface area contributed by atoms with Gasteiger partial charge in [-0.2, -0.15) is 0 Å². The van der Waals surface area contributed by atoms with Crippen LogP contribution in [0, 0.1) is 5.82 Å². The van der Waals surface area contributed by atoms with Crippen LogP contribution < -0.4 is 0 Å². The van der Waals surface area contributed by atoms with E-state index in [-0.39, 0.29) is 0 Å². The summed E-state index contributed by atoms with van der Waals surface area (Å²) < 4.78 is 12.6. The Morgan fingerprint density at radius 1 is 1.54 bits per heavy atom. The van der Waals surface area contributed by atoms with Crippen LogP contribution in [0.1, 0.15) is 18.4 Å². The number of phenols is 1. The van der Waals surface area contributed by atoms with Gasteiger partial charge in [0.15, 0.2) is 11.6 Å². The van der Waals surface area contributed by atoms with Crippen molar-refractivity contribution in [3.8, 4) is 5.75 Å². The molecule has 3 nitrogen and oxygen atoms in total. The number of carboxylic acids is 1. The Morgan fingerprint density at radius 3 is 2.62 bits per heavy atom. The molecule has 0 aliphatic carbocycles. The molecule has 1 rings (SSSR count). The van der Waals surface area contributed by atoms with Crippen LogP contribution in [0.4, 0.5) is 4.39 Å². The molecule has 0 aromatic heterocycles. The van der Waals surface area contributed by atoms with Crippen molar-refractivity contribution in [1.82, 2.24) is 0 Å². The summed E-state index contributed by atoms with van der Waals surface area (Å²) in [6.45, 7) is 1.47. The van der Waals surface area contributed by atoms with Crippen LogP contribution >= 0.6 is 0 Å². The smallest absolute Gasteiger partial charge is 0.310 e. The lowest BCUT2D eigenvalue weighted by Gasteiger charge is -2.06. The van der Waals surface area contributed by atoms with E-state index >= 15 is 0 Å². The molecule has 0 radical (unpaired) electrons. The number of aliphatic carboxylic acids is 1. The van der Waals surface area contributed by atoms with Gasteiger partial charge < -0.3 is 10.2 Å². The first-order valence-corrected chi connectivity index (χ1v) is 3.73. The van der Waals surface area contributed by atoms with Crippen LogP contribution in [-0.4, -0.2) is 16.2 Å². The number of hydrogen-bond donors (Lipinski definition) is 2. The van der Waals surface area contributed by atoms with Crippen molar-refractivity contribution >= 4 is 5.97 Å². The fraction of sp³-hybridized carbons (Fsp3) is 0.222. The molecule has 1 aromatic rings. The van der Waals surface area contributed by atoms with E-state index < -0.39 is 23.5 Å². The Morgan fingerprint density at radius 2 is 2.15 bits per heavy atom. The van der Waals surface area contributed by atoms with Gasteiger partial charge in [0.25, 0.3) is 0 Å². The van der Waals surface area contributed by atoms with Crippen molar-refractivity contribution in [2.75, 3.05) is 0 Å². The third kappa shape index (κ3) is 1.96. The van der Waals surface area contributed by atoms with E-state index in [1.54, 1.807) is 0 Å². The van der Waals surface area contributed by atoms with E-state index in [9.17, 15) is 9.18 Å². The Kier molecular flexibility index (Phi) is 2.51. The summed E-state index contributed by atoms with van der Waals surface area (Å²) in [5.41, 5.74) is 0.381. The highest BCUT2D eigenvalue weighted by atomic mass is 19.1. The predicted octanol–water partition coefficient (Wildman–Crippen LogP) is 1.72. The van der Waals surface area contributed by atoms with Gasteiger partial charge in [-0.15, -0.1) is 0 Å². The highest BCUT2D eigenvalue weighted by Gasteiger charge is 2.14. The molecule has 13 heavy (non-hydrogen) atoms. The Labute approximate surface area is 74.4 Å². The molecule has 2 N–H and O–H groups in total. The number of carboxylic acid groups (broad SMARTS) is 1. The lowest BCUT2D eigenvalue weighted by atomic mass is 10.0. The predicted molar refractivity (Wildman–Crippen MR) is 44.1 cm³/mol. The van der Waals surface area contributed by atoms with E-state index in [0.717, 1.165) is 12.1 Å². The molecular weight excluding hydrogens is 175 g/mol. The van der Waals surface area contributed by atoms with Gasteiger partial charge in [0.1, 0.15) is 0 Å².